The molecule has 270 valence electrons. The molecular weight excluding hydrogens is 638 g/mol. The average Bonchev–Trinajstić information content (AvgIpc) is 3.41. The van der Waals surface area contributed by atoms with Crippen LogP contribution in [-0.2, 0) is 31.2 Å². The van der Waals surface area contributed by atoms with Crippen LogP contribution in [0.15, 0.2) is 103 Å². The minimum Gasteiger partial charge on any atom is -0.361 e. The summed E-state index contributed by atoms with van der Waals surface area (Å²) < 4.78 is 43.4. The molecule has 0 aliphatic heterocycles. The lowest BCUT2D eigenvalue weighted by Gasteiger charge is -2.41. The summed E-state index contributed by atoms with van der Waals surface area (Å²) in [6, 6.07) is 32.0. The molecule has 4 aromatic rings. The van der Waals surface area contributed by atoms with E-state index in [-0.39, 0.29) is 6.54 Å². The van der Waals surface area contributed by atoms with Gasteiger partial charge in [0.2, 0.25) is 0 Å². The number of alkyl halides is 3. The number of allylic oxidation sites excluding steroid dienone is 1. The molecule has 2 N–H and O–H groups in total. The molecule has 0 spiro atoms. The Labute approximate surface area is 304 Å². The molecule has 5 heteroatoms. The zero-order valence-electron chi connectivity index (χ0n) is 30.4. The minimum atomic E-state index is -4.39. The van der Waals surface area contributed by atoms with E-state index in [1.807, 2.05) is 24.3 Å². The van der Waals surface area contributed by atoms with E-state index in [4.69, 9.17) is 5.73 Å². The maximum Gasteiger partial charge on any atom is 0.405 e. The van der Waals surface area contributed by atoms with Crippen LogP contribution < -0.4 is 5.73 Å². The van der Waals surface area contributed by atoms with E-state index in [9.17, 15) is 13.2 Å². The lowest BCUT2D eigenvalue weighted by molar-refractivity contribution is -0.143. The van der Waals surface area contributed by atoms with Crippen LogP contribution >= 0.6 is 0 Å². The van der Waals surface area contributed by atoms with Crippen molar-refractivity contribution in [3.63, 3.8) is 0 Å². The smallest absolute Gasteiger partial charge is 0.361 e. The quantitative estimate of drug-likeness (QED) is 0.133. The van der Waals surface area contributed by atoms with Crippen molar-refractivity contribution >= 4 is 0 Å². The number of fused-ring (bicyclic) bond motifs is 3. The Bertz CT molecular complexity index is 1700. The Hall–Kier alpha value is -3.83. The van der Waals surface area contributed by atoms with Gasteiger partial charge in [-0.15, -0.1) is 0 Å². The van der Waals surface area contributed by atoms with Gasteiger partial charge in [-0.25, -0.2) is 0 Å². The Morgan fingerprint density at radius 3 is 1.96 bits per heavy atom. The van der Waals surface area contributed by atoms with Gasteiger partial charge in [0.25, 0.3) is 0 Å². The normalized spacial score (nSPS) is 15.9. The van der Waals surface area contributed by atoms with E-state index >= 15 is 0 Å². The molecule has 0 aromatic heterocycles. The maximum absolute atomic E-state index is 14.5. The first-order valence-electron chi connectivity index (χ1n) is 19.3. The van der Waals surface area contributed by atoms with Gasteiger partial charge in [0.1, 0.15) is 6.54 Å². The highest BCUT2D eigenvalue weighted by molar-refractivity contribution is 5.83. The van der Waals surface area contributed by atoms with Crippen molar-refractivity contribution in [3.8, 4) is 11.1 Å². The monoisotopic (exact) mass is 692 g/mol. The summed E-state index contributed by atoms with van der Waals surface area (Å²) >= 11 is 0. The summed E-state index contributed by atoms with van der Waals surface area (Å²) in [7, 11) is 0. The zero-order valence-corrected chi connectivity index (χ0v) is 30.4. The number of nitrogens with zero attached hydrogens (tertiary/aromatic N) is 1. The first-order chi connectivity index (χ1) is 24.7. The summed E-state index contributed by atoms with van der Waals surface area (Å²) in [6.07, 6.45) is 9.80. The van der Waals surface area contributed by atoms with Gasteiger partial charge in [-0.2, -0.15) is 13.2 Å². The number of nitrogens with two attached hydrogens (primary N) is 1. The fourth-order valence-electron chi connectivity index (χ4n) is 8.88. The molecule has 0 saturated heterocycles. The van der Waals surface area contributed by atoms with Crippen LogP contribution in [0.2, 0.25) is 0 Å². The van der Waals surface area contributed by atoms with E-state index in [1.165, 1.54) is 66.5 Å². The second-order valence-electron chi connectivity index (χ2n) is 14.9. The SMILES string of the molecule is C=C(N(Cc1ccc(CCc2ccc(C3CCCCCCC3)cc2)cc1CC)CC(F)(F)F)C1(CCCCN)c2ccccc2-c2ccccc21. The number of halogens is 3. The summed E-state index contributed by atoms with van der Waals surface area (Å²) in [5.41, 5.74) is 15.9. The third kappa shape index (κ3) is 8.46. The lowest BCUT2D eigenvalue weighted by Crippen LogP contribution is -2.42. The molecule has 0 unspecified atom stereocenters. The molecule has 6 rings (SSSR count). The predicted octanol–water partition coefficient (Wildman–Crippen LogP) is 11.8. The van der Waals surface area contributed by atoms with E-state index in [0.717, 1.165) is 65.5 Å². The second kappa shape index (κ2) is 16.7. The van der Waals surface area contributed by atoms with Gasteiger partial charge < -0.3 is 10.6 Å². The average molecular weight is 693 g/mol. The van der Waals surface area contributed by atoms with Crippen LogP contribution in [0.3, 0.4) is 0 Å². The van der Waals surface area contributed by atoms with Crippen molar-refractivity contribution in [1.82, 2.24) is 4.90 Å². The van der Waals surface area contributed by atoms with Crippen LogP contribution in [0.5, 0.6) is 0 Å². The topological polar surface area (TPSA) is 29.3 Å². The van der Waals surface area contributed by atoms with Crippen LogP contribution in [0.25, 0.3) is 11.1 Å². The molecular formula is C46H55F3N2. The predicted molar refractivity (Wildman–Crippen MR) is 206 cm³/mol. The highest BCUT2D eigenvalue weighted by atomic mass is 19.4. The summed E-state index contributed by atoms with van der Waals surface area (Å²) in [5.74, 6) is 0.686. The van der Waals surface area contributed by atoms with Gasteiger partial charge >= 0.3 is 6.18 Å². The molecule has 2 aliphatic carbocycles. The Kier molecular flexibility index (Phi) is 12.1. The van der Waals surface area contributed by atoms with Gasteiger partial charge in [-0.3, -0.25) is 0 Å². The largest absolute Gasteiger partial charge is 0.405 e. The van der Waals surface area contributed by atoms with Crippen LogP contribution in [-0.4, -0.2) is 24.2 Å². The van der Waals surface area contributed by atoms with Crippen molar-refractivity contribution in [2.75, 3.05) is 13.1 Å². The standard InChI is InChI=1S/C46H55F3N2/c1-3-37-31-36(22-21-35-23-26-39(27-24-35)38-15-7-5-4-6-8-16-38)25-28-40(37)32-51(33-46(47,48)49)34(2)45(29-13-14-30-50)43-19-11-9-17-41(43)42-18-10-12-20-44(42)45/h9-12,17-20,23-28,31,38H,2-8,13-16,21-22,29-30,32-33,50H2,1H3. The molecule has 51 heavy (non-hydrogen) atoms. The molecule has 1 fully saturated rings. The van der Waals surface area contributed by atoms with Gasteiger partial charge in [0, 0.05) is 12.2 Å². The van der Waals surface area contributed by atoms with Crippen LogP contribution in [0, 0.1) is 0 Å². The van der Waals surface area contributed by atoms with Gasteiger partial charge in [-0.1, -0.05) is 143 Å². The fourth-order valence-corrected chi connectivity index (χ4v) is 8.88. The van der Waals surface area contributed by atoms with Crippen molar-refractivity contribution in [2.24, 2.45) is 5.73 Å². The summed E-state index contributed by atoms with van der Waals surface area (Å²) in [4.78, 5) is 1.51. The molecule has 0 heterocycles. The van der Waals surface area contributed by atoms with Gasteiger partial charge in [0.05, 0.1) is 5.41 Å². The highest BCUT2D eigenvalue weighted by Gasteiger charge is 2.47. The first kappa shape index (κ1) is 36.9. The number of hydrogen-bond acceptors (Lipinski definition) is 2. The lowest BCUT2D eigenvalue weighted by atomic mass is 9.71. The minimum absolute atomic E-state index is 0.146. The second-order valence-corrected chi connectivity index (χ2v) is 14.9. The summed E-state index contributed by atoms with van der Waals surface area (Å²) in [5, 5.41) is 0. The fraction of sp³-hybridized carbons (Fsp3) is 0.435. The molecule has 0 amide bonds. The Morgan fingerprint density at radius 2 is 1.35 bits per heavy atom. The van der Waals surface area contributed by atoms with Crippen molar-refractivity contribution in [2.45, 2.75) is 114 Å². The van der Waals surface area contributed by atoms with Crippen molar-refractivity contribution < 1.29 is 13.2 Å². The first-order valence-corrected chi connectivity index (χ1v) is 19.3. The Balaban J connectivity index is 1.24. The molecule has 0 radical (unpaired) electrons. The third-order valence-corrected chi connectivity index (χ3v) is 11.6. The zero-order chi connectivity index (χ0) is 35.8. The number of hydrogen-bond donors (Lipinski definition) is 1. The summed E-state index contributed by atoms with van der Waals surface area (Å²) in [6.45, 7) is 6.26. The maximum atomic E-state index is 14.5. The van der Waals surface area contributed by atoms with Crippen LogP contribution in [0.4, 0.5) is 13.2 Å². The molecule has 2 nitrogen and oxygen atoms in total. The van der Waals surface area contributed by atoms with Gasteiger partial charge in [0.15, 0.2) is 0 Å². The number of aryl methyl sites for hydroxylation is 3. The molecule has 2 aliphatic rings. The molecule has 0 bridgehead atoms. The van der Waals surface area contributed by atoms with Crippen LogP contribution in [0.1, 0.15) is 116 Å². The molecule has 0 atom stereocenters. The molecule has 4 aromatic carbocycles. The van der Waals surface area contributed by atoms with E-state index < -0.39 is 18.1 Å². The number of unbranched alkanes of at least 4 members (excludes halogenated alkanes) is 1. The van der Waals surface area contributed by atoms with Crippen molar-refractivity contribution in [1.29, 1.82) is 0 Å². The van der Waals surface area contributed by atoms with E-state index in [0.29, 0.717) is 24.6 Å². The van der Waals surface area contributed by atoms with Gasteiger partial charge in [-0.05, 0) is 107 Å². The van der Waals surface area contributed by atoms with E-state index in [1.54, 1.807) is 0 Å². The number of benzene rings is 4. The van der Waals surface area contributed by atoms with E-state index in [2.05, 4.69) is 80.2 Å². The van der Waals surface area contributed by atoms with Crippen molar-refractivity contribution in [3.05, 3.63) is 142 Å². The third-order valence-electron chi connectivity index (χ3n) is 11.6. The number of rotatable bonds is 14. The highest BCUT2D eigenvalue weighted by Crippen LogP contribution is 2.55. The molecule has 1 saturated carbocycles. The Morgan fingerprint density at radius 1 is 0.765 bits per heavy atom.